The quantitative estimate of drug-likeness (QED) is 0.835. The van der Waals surface area contributed by atoms with Crippen molar-refractivity contribution in [3.05, 3.63) is 23.8 Å². The summed E-state index contributed by atoms with van der Waals surface area (Å²) < 4.78 is 10.5. The predicted octanol–water partition coefficient (Wildman–Crippen LogP) is 2.77. The Labute approximate surface area is 142 Å². The molecular formula is C18H25NO5. The van der Waals surface area contributed by atoms with Crippen molar-refractivity contribution < 1.29 is 24.2 Å². The van der Waals surface area contributed by atoms with Crippen LogP contribution in [0.1, 0.15) is 44.2 Å². The van der Waals surface area contributed by atoms with Gasteiger partial charge in [-0.15, -0.1) is 0 Å². The van der Waals surface area contributed by atoms with Gasteiger partial charge >= 0.3 is 5.97 Å². The van der Waals surface area contributed by atoms with Crippen molar-refractivity contribution in [3.8, 4) is 11.5 Å². The number of rotatable bonds is 6. The monoisotopic (exact) mass is 335 g/mol. The Morgan fingerprint density at radius 2 is 1.75 bits per heavy atom. The minimum atomic E-state index is -0.881. The lowest BCUT2D eigenvalue weighted by atomic mass is 9.78. The van der Waals surface area contributed by atoms with Gasteiger partial charge in [0.15, 0.2) is 11.5 Å². The van der Waals surface area contributed by atoms with Crippen molar-refractivity contribution in [2.75, 3.05) is 14.2 Å². The van der Waals surface area contributed by atoms with Crippen molar-refractivity contribution in [1.29, 1.82) is 0 Å². The van der Waals surface area contributed by atoms with E-state index in [0.29, 0.717) is 24.3 Å². The number of carbonyl (C=O) groups excluding carboxylic acids is 1. The molecule has 0 aromatic heterocycles. The van der Waals surface area contributed by atoms with E-state index in [1.807, 2.05) is 19.1 Å². The molecule has 0 saturated heterocycles. The van der Waals surface area contributed by atoms with E-state index in [0.717, 1.165) is 18.4 Å². The third kappa shape index (κ3) is 3.99. The topological polar surface area (TPSA) is 84.9 Å². The molecule has 24 heavy (non-hydrogen) atoms. The zero-order valence-electron chi connectivity index (χ0n) is 14.4. The first-order chi connectivity index (χ1) is 11.5. The van der Waals surface area contributed by atoms with Gasteiger partial charge in [-0.2, -0.15) is 0 Å². The van der Waals surface area contributed by atoms with E-state index >= 15 is 0 Å². The Morgan fingerprint density at radius 1 is 1.12 bits per heavy atom. The molecule has 0 heterocycles. The summed E-state index contributed by atoms with van der Waals surface area (Å²) in [7, 11) is 3.13. The van der Waals surface area contributed by atoms with Gasteiger partial charge in [-0.25, -0.2) is 0 Å². The number of amides is 1. The van der Waals surface area contributed by atoms with Crippen LogP contribution in [0, 0.1) is 11.8 Å². The largest absolute Gasteiger partial charge is 0.493 e. The van der Waals surface area contributed by atoms with Gasteiger partial charge in [-0.05, 0) is 37.5 Å². The van der Waals surface area contributed by atoms with Gasteiger partial charge in [-0.1, -0.05) is 18.9 Å². The van der Waals surface area contributed by atoms with Crippen LogP contribution in [0.5, 0.6) is 11.5 Å². The molecule has 0 bridgehead atoms. The Morgan fingerprint density at radius 3 is 2.33 bits per heavy atom. The minimum absolute atomic E-state index is 0.190. The molecular weight excluding hydrogens is 310 g/mol. The highest BCUT2D eigenvalue weighted by molar-refractivity contribution is 5.85. The first-order valence-corrected chi connectivity index (χ1v) is 8.23. The van der Waals surface area contributed by atoms with Crippen molar-refractivity contribution in [3.63, 3.8) is 0 Å². The van der Waals surface area contributed by atoms with E-state index in [-0.39, 0.29) is 11.9 Å². The maximum absolute atomic E-state index is 12.5. The zero-order chi connectivity index (χ0) is 17.7. The third-order valence-corrected chi connectivity index (χ3v) is 4.69. The summed E-state index contributed by atoms with van der Waals surface area (Å²) in [4.78, 5) is 23.9. The van der Waals surface area contributed by atoms with Crippen LogP contribution in [-0.2, 0) is 9.59 Å². The SMILES string of the molecule is COc1ccc([C@H](C)NC(=O)[C@@H]2CCCC[C@@H]2C(=O)O)cc1OC. The number of carboxylic acid groups (broad SMARTS) is 1. The van der Waals surface area contributed by atoms with Crippen molar-refractivity contribution in [2.45, 2.75) is 38.6 Å². The van der Waals surface area contributed by atoms with E-state index < -0.39 is 17.8 Å². The molecule has 1 fully saturated rings. The number of carbonyl (C=O) groups is 2. The second kappa shape index (κ2) is 8.04. The van der Waals surface area contributed by atoms with Crippen molar-refractivity contribution >= 4 is 11.9 Å². The molecule has 6 heteroatoms. The van der Waals surface area contributed by atoms with Crippen LogP contribution in [0.2, 0.25) is 0 Å². The summed E-state index contributed by atoms with van der Waals surface area (Å²) in [5.74, 6) is -0.900. The number of methoxy groups -OCH3 is 2. The van der Waals surface area contributed by atoms with Crippen LogP contribution in [0.15, 0.2) is 18.2 Å². The van der Waals surface area contributed by atoms with Gasteiger partial charge in [0.25, 0.3) is 0 Å². The zero-order valence-corrected chi connectivity index (χ0v) is 14.4. The molecule has 0 radical (unpaired) electrons. The normalized spacial score (nSPS) is 21.6. The fourth-order valence-corrected chi connectivity index (χ4v) is 3.27. The molecule has 1 aliphatic carbocycles. The number of nitrogens with one attached hydrogen (secondary N) is 1. The Bertz CT molecular complexity index is 601. The number of hydrogen-bond acceptors (Lipinski definition) is 4. The summed E-state index contributed by atoms with van der Waals surface area (Å²) in [6.45, 7) is 1.87. The molecule has 132 valence electrons. The highest BCUT2D eigenvalue weighted by Crippen LogP contribution is 2.32. The second-order valence-electron chi connectivity index (χ2n) is 6.18. The average molecular weight is 335 g/mol. The standard InChI is InChI=1S/C18H25NO5/c1-11(12-8-9-15(23-2)16(10-12)24-3)19-17(20)13-6-4-5-7-14(13)18(21)22/h8-11,13-14H,4-7H2,1-3H3,(H,19,20)(H,21,22)/t11-,13+,14-/m0/s1. The molecule has 0 spiro atoms. The molecule has 0 unspecified atom stereocenters. The van der Waals surface area contributed by atoms with E-state index in [2.05, 4.69) is 5.32 Å². The second-order valence-corrected chi connectivity index (χ2v) is 6.18. The van der Waals surface area contributed by atoms with E-state index in [4.69, 9.17) is 9.47 Å². The van der Waals surface area contributed by atoms with Gasteiger partial charge in [0.2, 0.25) is 5.91 Å². The summed E-state index contributed by atoms with van der Waals surface area (Å²) in [6, 6.07) is 5.23. The average Bonchev–Trinajstić information content (AvgIpc) is 2.60. The lowest BCUT2D eigenvalue weighted by Crippen LogP contribution is -2.40. The van der Waals surface area contributed by atoms with Gasteiger partial charge in [-0.3, -0.25) is 9.59 Å². The van der Waals surface area contributed by atoms with Crippen LogP contribution < -0.4 is 14.8 Å². The van der Waals surface area contributed by atoms with Crippen LogP contribution in [0.4, 0.5) is 0 Å². The number of benzene rings is 1. The lowest BCUT2D eigenvalue weighted by Gasteiger charge is -2.29. The molecule has 1 saturated carbocycles. The first-order valence-electron chi connectivity index (χ1n) is 8.23. The summed E-state index contributed by atoms with van der Waals surface area (Å²) >= 11 is 0. The molecule has 1 amide bonds. The summed E-state index contributed by atoms with van der Waals surface area (Å²) in [5, 5.41) is 12.3. The molecule has 2 N–H and O–H groups in total. The molecule has 1 aromatic rings. The molecule has 1 aromatic carbocycles. The van der Waals surface area contributed by atoms with Crippen LogP contribution in [0.25, 0.3) is 0 Å². The lowest BCUT2D eigenvalue weighted by molar-refractivity contribution is -0.149. The molecule has 0 aliphatic heterocycles. The van der Waals surface area contributed by atoms with E-state index in [1.165, 1.54) is 0 Å². The molecule has 6 nitrogen and oxygen atoms in total. The number of ether oxygens (including phenoxy) is 2. The fraction of sp³-hybridized carbons (Fsp3) is 0.556. The highest BCUT2D eigenvalue weighted by Gasteiger charge is 2.36. The van der Waals surface area contributed by atoms with Gasteiger partial charge in [0.05, 0.1) is 32.1 Å². The summed E-state index contributed by atoms with van der Waals surface area (Å²) in [6.07, 6.45) is 2.96. The third-order valence-electron chi connectivity index (χ3n) is 4.69. The van der Waals surface area contributed by atoms with Crippen LogP contribution in [0.3, 0.4) is 0 Å². The number of aliphatic carboxylic acids is 1. The Hall–Kier alpha value is -2.24. The Balaban J connectivity index is 2.09. The first kappa shape index (κ1) is 18.1. The van der Waals surface area contributed by atoms with Gasteiger partial charge in [0, 0.05) is 0 Å². The maximum atomic E-state index is 12.5. The van der Waals surface area contributed by atoms with E-state index in [9.17, 15) is 14.7 Å². The van der Waals surface area contributed by atoms with Crippen LogP contribution >= 0.6 is 0 Å². The van der Waals surface area contributed by atoms with Crippen LogP contribution in [-0.4, -0.2) is 31.2 Å². The fourth-order valence-electron chi connectivity index (χ4n) is 3.27. The van der Waals surface area contributed by atoms with Gasteiger partial charge in [0.1, 0.15) is 0 Å². The van der Waals surface area contributed by atoms with Gasteiger partial charge < -0.3 is 19.9 Å². The number of carboxylic acids is 1. The summed E-state index contributed by atoms with van der Waals surface area (Å²) in [5.41, 5.74) is 0.878. The van der Waals surface area contributed by atoms with E-state index in [1.54, 1.807) is 20.3 Å². The smallest absolute Gasteiger partial charge is 0.307 e. The number of hydrogen-bond donors (Lipinski definition) is 2. The molecule has 2 rings (SSSR count). The van der Waals surface area contributed by atoms with Crippen molar-refractivity contribution in [2.24, 2.45) is 11.8 Å². The predicted molar refractivity (Wildman–Crippen MR) is 89.2 cm³/mol. The molecule has 3 atom stereocenters. The molecule has 1 aliphatic rings. The minimum Gasteiger partial charge on any atom is -0.493 e. The maximum Gasteiger partial charge on any atom is 0.307 e. The Kier molecular flexibility index (Phi) is 6.06. The van der Waals surface area contributed by atoms with Crippen molar-refractivity contribution in [1.82, 2.24) is 5.32 Å². The highest BCUT2D eigenvalue weighted by atomic mass is 16.5.